The van der Waals surface area contributed by atoms with Gasteiger partial charge in [-0.2, -0.15) is 4.31 Å². The fourth-order valence-corrected chi connectivity index (χ4v) is 4.73. The minimum atomic E-state index is -3.47. The minimum absolute atomic E-state index is 0.304. The summed E-state index contributed by atoms with van der Waals surface area (Å²) in [6.07, 6.45) is 4.57. The molecule has 2 N–H and O–H groups in total. The first-order valence-electron chi connectivity index (χ1n) is 8.11. The van der Waals surface area contributed by atoms with E-state index in [1.807, 2.05) is 0 Å². The monoisotopic (exact) mass is 402 g/mol. The highest BCUT2D eigenvalue weighted by molar-refractivity contribution is 9.10. The molecule has 2 fully saturated rings. The number of aliphatic hydroxyl groups is 1. The van der Waals surface area contributed by atoms with Crippen molar-refractivity contribution in [2.24, 2.45) is 0 Å². The average Bonchev–Trinajstić information content (AvgIpc) is 2.46. The molecule has 0 aromatic heterocycles. The largest absolute Gasteiger partial charge is 0.388 e. The van der Waals surface area contributed by atoms with Gasteiger partial charge in [0, 0.05) is 30.1 Å². The number of piperidine rings is 1. The number of hydrogen-bond acceptors (Lipinski definition) is 4. The van der Waals surface area contributed by atoms with Crippen LogP contribution in [-0.2, 0) is 10.0 Å². The summed E-state index contributed by atoms with van der Waals surface area (Å²) in [6, 6.07) is 7.21. The van der Waals surface area contributed by atoms with Gasteiger partial charge in [-0.05, 0) is 49.9 Å². The maximum atomic E-state index is 12.6. The summed E-state index contributed by atoms with van der Waals surface area (Å²) in [7, 11) is -3.47. The van der Waals surface area contributed by atoms with Gasteiger partial charge in [-0.3, -0.25) is 0 Å². The Morgan fingerprint density at radius 2 is 1.83 bits per heavy atom. The van der Waals surface area contributed by atoms with Crippen LogP contribution in [0.15, 0.2) is 33.6 Å². The first-order chi connectivity index (χ1) is 10.9. The molecule has 7 heteroatoms. The van der Waals surface area contributed by atoms with Gasteiger partial charge in [0.15, 0.2) is 0 Å². The number of nitrogens with zero attached hydrogens (tertiary/aromatic N) is 1. The third-order valence-electron chi connectivity index (χ3n) is 4.93. The van der Waals surface area contributed by atoms with Crippen LogP contribution >= 0.6 is 15.9 Å². The van der Waals surface area contributed by atoms with Crippen molar-refractivity contribution < 1.29 is 13.5 Å². The van der Waals surface area contributed by atoms with Gasteiger partial charge in [0.05, 0.1) is 10.5 Å². The van der Waals surface area contributed by atoms with E-state index < -0.39 is 15.6 Å². The molecule has 1 heterocycles. The van der Waals surface area contributed by atoms with Gasteiger partial charge in [0.25, 0.3) is 0 Å². The molecule has 5 nitrogen and oxygen atoms in total. The molecule has 23 heavy (non-hydrogen) atoms. The number of benzene rings is 1. The van der Waals surface area contributed by atoms with Crippen molar-refractivity contribution in [3.05, 3.63) is 28.7 Å². The van der Waals surface area contributed by atoms with E-state index in [2.05, 4.69) is 21.2 Å². The van der Waals surface area contributed by atoms with Crippen molar-refractivity contribution in [3.8, 4) is 0 Å². The van der Waals surface area contributed by atoms with Gasteiger partial charge in [0.2, 0.25) is 10.0 Å². The second-order valence-corrected chi connectivity index (χ2v) is 9.44. The van der Waals surface area contributed by atoms with Gasteiger partial charge in [-0.25, -0.2) is 8.42 Å². The van der Waals surface area contributed by atoms with E-state index in [1.165, 1.54) is 23.6 Å². The molecule has 0 unspecified atom stereocenters. The third kappa shape index (κ3) is 3.96. The Balaban J connectivity index is 1.60. The van der Waals surface area contributed by atoms with Gasteiger partial charge in [0.1, 0.15) is 0 Å². The van der Waals surface area contributed by atoms with E-state index in [1.54, 1.807) is 24.3 Å². The number of halogens is 1. The molecular weight excluding hydrogens is 380 g/mol. The first-order valence-corrected chi connectivity index (χ1v) is 10.3. The molecule has 0 spiro atoms. The van der Waals surface area contributed by atoms with Crippen LogP contribution in [0.1, 0.15) is 32.1 Å². The van der Waals surface area contributed by atoms with E-state index >= 15 is 0 Å². The highest BCUT2D eigenvalue weighted by Gasteiger charge is 2.37. The lowest BCUT2D eigenvalue weighted by molar-refractivity contribution is -0.00794. The Bertz CT molecular complexity index is 636. The molecule has 128 valence electrons. The highest BCUT2D eigenvalue weighted by Crippen LogP contribution is 2.28. The molecule has 3 rings (SSSR count). The highest BCUT2D eigenvalue weighted by atomic mass is 79.9. The SMILES string of the molecule is O=S(=O)(c1ccc(Br)cc1)N1CCC(O)(CNC2CCC2)CC1. The molecule has 1 aromatic rings. The second kappa shape index (κ2) is 6.80. The maximum absolute atomic E-state index is 12.6. The zero-order valence-corrected chi connectivity index (χ0v) is 15.4. The average molecular weight is 403 g/mol. The van der Waals surface area contributed by atoms with Crippen molar-refractivity contribution in [2.45, 2.75) is 48.6 Å². The van der Waals surface area contributed by atoms with Gasteiger partial charge < -0.3 is 10.4 Å². The summed E-state index contributed by atoms with van der Waals surface area (Å²) in [4.78, 5) is 0.304. The Morgan fingerprint density at radius 3 is 2.35 bits per heavy atom. The molecule has 2 aliphatic rings. The van der Waals surface area contributed by atoms with Crippen molar-refractivity contribution in [1.29, 1.82) is 0 Å². The topological polar surface area (TPSA) is 69.6 Å². The number of hydrogen-bond donors (Lipinski definition) is 2. The lowest BCUT2D eigenvalue weighted by Crippen LogP contribution is -2.53. The Kier molecular flexibility index (Phi) is 5.13. The van der Waals surface area contributed by atoms with Crippen molar-refractivity contribution in [1.82, 2.24) is 9.62 Å². The van der Waals surface area contributed by atoms with E-state index in [0.717, 1.165) is 4.47 Å². The van der Waals surface area contributed by atoms with Gasteiger partial charge in [-0.15, -0.1) is 0 Å². The summed E-state index contributed by atoms with van der Waals surface area (Å²) in [6.45, 7) is 1.28. The van der Waals surface area contributed by atoms with Crippen LogP contribution in [0.3, 0.4) is 0 Å². The quantitative estimate of drug-likeness (QED) is 0.790. The van der Waals surface area contributed by atoms with Crippen LogP contribution in [0.4, 0.5) is 0 Å². The molecule has 0 amide bonds. The first kappa shape index (κ1) is 17.4. The van der Waals surface area contributed by atoms with Crippen molar-refractivity contribution >= 4 is 26.0 Å². The van der Waals surface area contributed by atoms with Crippen LogP contribution in [0.5, 0.6) is 0 Å². The van der Waals surface area contributed by atoms with E-state index in [0.29, 0.717) is 43.4 Å². The Labute approximate surface area is 146 Å². The van der Waals surface area contributed by atoms with Gasteiger partial charge >= 0.3 is 0 Å². The molecule has 0 atom stereocenters. The number of nitrogens with one attached hydrogen (secondary N) is 1. The lowest BCUT2D eigenvalue weighted by Gasteiger charge is -2.39. The second-order valence-electron chi connectivity index (χ2n) is 6.59. The zero-order valence-electron chi connectivity index (χ0n) is 13.0. The smallest absolute Gasteiger partial charge is 0.243 e. The number of rotatable bonds is 5. The summed E-state index contributed by atoms with van der Waals surface area (Å²) >= 11 is 3.31. The van der Waals surface area contributed by atoms with Crippen LogP contribution < -0.4 is 5.32 Å². The summed E-state index contributed by atoms with van der Waals surface area (Å²) in [5, 5.41) is 14.0. The number of sulfonamides is 1. The molecule has 1 aliphatic carbocycles. The summed E-state index contributed by atoms with van der Waals surface area (Å²) in [5.74, 6) is 0. The predicted octanol–water partition coefficient (Wildman–Crippen LogP) is 2.11. The third-order valence-corrected chi connectivity index (χ3v) is 7.37. The fourth-order valence-electron chi connectivity index (χ4n) is 3.02. The summed E-state index contributed by atoms with van der Waals surface area (Å²) in [5.41, 5.74) is -0.790. The zero-order chi connectivity index (χ0) is 16.5. The van der Waals surface area contributed by atoms with E-state index in [9.17, 15) is 13.5 Å². The van der Waals surface area contributed by atoms with Crippen molar-refractivity contribution in [3.63, 3.8) is 0 Å². The molecule has 1 saturated heterocycles. The fraction of sp³-hybridized carbons (Fsp3) is 0.625. The Hall–Kier alpha value is -0.470. The van der Waals surface area contributed by atoms with Crippen LogP contribution in [0, 0.1) is 0 Å². The van der Waals surface area contributed by atoms with Crippen molar-refractivity contribution in [2.75, 3.05) is 19.6 Å². The normalized spacial score (nSPS) is 22.7. The molecule has 0 bridgehead atoms. The molecule has 1 saturated carbocycles. The van der Waals surface area contributed by atoms with Crippen LogP contribution in [0.25, 0.3) is 0 Å². The molecular formula is C16H23BrN2O3S. The van der Waals surface area contributed by atoms with Crippen LogP contribution in [0.2, 0.25) is 0 Å². The standard InChI is InChI=1S/C16H23BrN2O3S/c17-13-4-6-15(7-5-13)23(21,22)19-10-8-16(20,9-11-19)12-18-14-2-1-3-14/h4-7,14,18,20H,1-3,8-12H2. The van der Waals surface area contributed by atoms with E-state index in [-0.39, 0.29) is 0 Å². The summed E-state index contributed by atoms with van der Waals surface area (Å²) < 4.78 is 27.6. The van der Waals surface area contributed by atoms with Crippen LogP contribution in [-0.4, -0.2) is 49.1 Å². The predicted molar refractivity (Wildman–Crippen MR) is 92.7 cm³/mol. The molecule has 1 aliphatic heterocycles. The minimum Gasteiger partial charge on any atom is -0.388 e. The van der Waals surface area contributed by atoms with E-state index in [4.69, 9.17) is 0 Å². The molecule has 1 aromatic carbocycles. The Morgan fingerprint density at radius 1 is 1.22 bits per heavy atom. The van der Waals surface area contributed by atoms with Gasteiger partial charge in [-0.1, -0.05) is 22.4 Å². The maximum Gasteiger partial charge on any atom is 0.243 e. The lowest BCUT2D eigenvalue weighted by atomic mass is 9.89. The molecule has 0 radical (unpaired) electrons.